The minimum Gasteiger partial charge on any atom is -0.469 e. The molecule has 1 fully saturated rings. The first-order valence-electron chi connectivity index (χ1n) is 11.0. The van der Waals surface area contributed by atoms with Gasteiger partial charge in [0.1, 0.15) is 5.82 Å². The first-order chi connectivity index (χ1) is 16.5. The molecular weight excluding hydrogens is 457 g/mol. The average Bonchev–Trinajstić information content (AvgIpc) is 3.34. The Labute approximate surface area is 201 Å². The highest BCUT2D eigenvalue weighted by atomic mass is 35.5. The van der Waals surface area contributed by atoms with Crippen LogP contribution in [0.3, 0.4) is 0 Å². The molecule has 0 bridgehead atoms. The largest absolute Gasteiger partial charge is 0.469 e. The van der Waals surface area contributed by atoms with Crippen LogP contribution in [-0.2, 0) is 9.53 Å². The number of carbonyl (C=O) groups is 1. The number of rotatable bonds is 5. The van der Waals surface area contributed by atoms with Crippen LogP contribution in [0.2, 0.25) is 5.02 Å². The Hall–Kier alpha value is -3.36. The lowest BCUT2D eigenvalue weighted by Gasteiger charge is -2.34. The molecule has 1 aromatic carbocycles. The number of methoxy groups -OCH3 is 1. The predicted octanol–water partition coefficient (Wildman–Crippen LogP) is 3.65. The number of halogens is 2. The van der Waals surface area contributed by atoms with Gasteiger partial charge in [0.15, 0.2) is 0 Å². The molecule has 1 unspecified atom stereocenters. The molecule has 2 aliphatic heterocycles. The van der Waals surface area contributed by atoms with Crippen molar-refractivity contribution in [2.45, 2.75) is 12.5 Å². The molecule has 174 valence electrons. The summed E-state index contributed by atoms with van der Waals surface area (Å²) in [6.45, 7) is 2.67. The Morgan fingerprint density at radius 1 is 1.26 bits per heavy atom. The van der Waals surface area contributed by atoms with Gasteiger partial charge in [0, 0.05) is 41.8 Å². The summed E-state index contributed by atoms with van der Waals surface area (Å²) in [5, 5.41) is 3.81. The minimum atomic E-state index is -0.374. The minimum absolute atomic E-state index is 0.00574. The molecule has 0 saturated carbocycles. The van der Waals surface area contributed by atoms with Crippen molar-refractivity contribution in [3.05, 3.63) is 70.8 Å². The fourth-order valence-electron chi connectivity index (χ4n) is 4.35. The number of benzene rings is 1. The Bertz CT molecular complexity index is 1330. The van der Waals surface area contributed by atoms with Crippen LogP contribution in [0, 0.1) is 5.82 Å². The molecule has 2 aliphatic rings. The van der Waals surface area contributed by atoms with Crippen molar-refractivity contribution in [1.29, 1.82) is 0 Å². The summed E-state index contributed by atoms with van der Waals surface area (Å²) in [5.41, 5.74) is 4.81. The first kappa shape index (κ1) is 22.4. The summed E-state index contributed by atoms with van der Waals surface area (Å²) in [7, 11) is 1.40. The van der Waals surface area contributed by atoms with Gasteiger partial charge >= 0.3 is 5.97 Å². The lowest BCUT2D eigenvalue weighted by atomic mass is 9.99. The summed E-state index contributed by atoms with van der Waals surface area (Å²) in [6, 6.07) is 10.2. The molecule has 3 aromatic rings. The number of anilines is 1. The van der Waals surface area contributed by atoms with E-state index in [1.807, 2.05) is 30.5 Å². The van der Waals surface area contributed by atoms with Gasteiger partial charge in [0.05, 0.1) is 54.4 Å². The van der Waals surface area contributed by atoms with Gasteiger partial charge in [-0.25, -0.2) is 9.37 Å². The third kappa shape index (κ3) is 4.51. The number of allylic oxidation sites excluding steroid dienone is 1. The molecule has 34 heavy (non-hydrogen) atoms. The summed E-state index contributed by atoms with van der Waals surface area (Å²) in [5.74, 6) is -0.610. The van der Waals surface area contributed by atoms with Crippen LogP contribution in [0.5, 0.6) is 0 Å². The molecule has 4 heterocycles. The summed E-state index contributed by atoms with van der Waals surface area (Å²) in [4.78, 5) is 27.8. The molecule has 1 atom stereocenters. The van der Waals surface area contributed by atoms with Gasteiger partial charge in [-0.1, -0.05) is 17.7 Å². The van der Waals surface area contributed by atoms with Crippen LogP contribution >= 0.6 is 11.6 Å². The van der Waals surface area contributed by atoms with E-state index in [-0.39, 0.29) is 17.8 Å². The van der Waals surface area contributed by atoms with E-state index in [0.29, 0.717) is 41.5 Å². The fourth-order valence-corrected chi connectivity index (χ4v) is 4.52. The van der Waals surface area contributed by atoms with Gasteiger partial charge in [-0.2, -0.15) is 0 Å². The van der Waals surface area contributed by atoms with Gasteiger partial charge in [0.2, 0.25) is 0 Å². The van der Waals surface area contributed by atoms with Crippen molar-refractivity contribution >= 4 is 45.6 Å². The monoisotopic (exact) mass is 479 g/mol. The van der Waals surface area contributed by atoms with Crippen LogP contribution < -0.4 is 10.2 Å². The molecule has 9 heteroatoms. The number of hydrogen-bond acceptors (Lipinski definition) is 7. The maximum Gasteiger partial charge on any atom is 0.307 e. The summed E-state index contributed by atoms with van der Waals surface area (Å²) < 4.78 is 19.3. The maximum absolute atomic E-state index is 14.5. The summed E-state index contributed by atoms with van der Waals surface area (Å²) >= 11 is 6.10. The number of hydrogen-bond donors (Lipinski definition) is 1. The number of nitrogens with one attached hydrogen (secondary N) is 1. The van der Waals surface area contributed by atoms with Gasteiger partial charge in [0.25, 0.3) is 0 Å². The van der Waals surface area contributed by atoms with E-state index in [9.17, 15) is 9.18 Å². The second-order valence-electron chi connectivity index (χ2n) is 8.24. The van der Waals surface area contributed by atoms with Crippen LogP contribution in [-0.4, -0.2) is 61.0 Å². The van der Waals surface area contributed by atoms with Crippen molar-refractivity contribution in [3.63, 3.8) is 0 Å². The molecule has 1 saturated heterocycles. The lowest BCUT2D eigenvalue weighted by Crippen LogP contribution is -2.51. The molecule has 2 aromatic heterocycles. The normalized spacial score (nSPS) is 18.1. The Morgan fingerprint density at radius 2 is 2.15 bits per heavy atom. The standard InChI is InChI=1S/C25H23ClFN5O2/c1-34-24(33)11-16-14-32(9-8-28-16)17-12-23-22(30-13-17)5-4-21(31-23)18-6-7-29-25(18)19-10-15(26)2-3-20(19)27/h2-6,10,12-13,16,28H,7-9,11,14H2,1H3. The Morgan fingerprint density at radius 3 is 3.00 bits per heavy atom. The third-order valence-corrected chi connectivity index (χ3v) is 6.28. The zero-order chi connectivity index (χ0) is 23.7. The SMILES string of the molecule is COC(=O)CC1CN(c2cnc3ccc(C4=CCN=C4c4cc(Cl)ccc4F)nc3c2)CCN1. The molecule has 0 aliphatic carbocycles. The number of nitrogens with zero attached hydrogens (tertiary/aromatic N) is 4. The molecular formula is C25H23ClFN5O2. The molecule has 1 N–H and O–H groups in total. The highest BCUT2D eigenvalue weighted by molar-refractivity contribution is 6.35. The molecule has 5 rings (SSSR count). The van der Waals surface area contributed by atoms with Crippen LogP contribution in [0.25, 0.3) is 16.6 Å². The predicted molar refractivity (Wildman–Crippen MR) is 131 cm³/mol. The Kier molecular flexibility index (Phi) is 6.26. The highest BCUT2D eigenvalue weighted by Gasteiger charge is 2.24. The van der Waals surface area contributed by atoms with Crippen LogP contribution in [0.4, 0.5) is 10.1 Å². The number of carbonyl (C=O) groups excluding carboxylic acids is 1. The van der Waals surface area contributed by atoms with Crippen LogP contribution in [0.1, 0.15) is 17.7 Å². The van der Waals surface area contributed by atoms with Crippen molar-refractivity contribution in [3.8, 4) is 0 Å². The van der Waals surface area contributed by atoms with Gasteiger partial charge in [-0.15, -0.1) is 0 Å². The molecule has 7 nitrogen and oxygen atoms in total. The van der Waals surface area contributed by atoms with Crippen LogP contribution in [0.15, 0.2) is 53.7 Å². The quantitative estimate of drug-likeness (QED) is 0.563. The second kappa shape index (κ2) is 9.48. The van der Waals surface area contributed by atoms with Crippen molar-refractivity contribution < 1.29 is 13.9 Å². The van der Waals surface area contributed by atoms with E-state index < -0.39 is 0 Å². The molecule has 0 radical (unpaired) electrons. The van der Waals surface area contributed by atoms with E-state index in [4.69, 9.17) is 21.3 Å². The zero-order valence-electron chi connectivity index (χ0n) is 18.6. The zero-order valence-corrected chi connectivity index (χ0v) is 19.3. The van der Waals surface area contributed by atoms with Crippen molar-refractivity contribution in [2.24, 2.45) is 4.99 Å². The number of aliphatic imine (C=N–C) groups is 1. The maximum atomic E-state index is 14.5. The second-order valence-corrected chi connectivity index (χ2v) is 8.67. The third-order valence-electron chi connectivity index (χ3n) is 6.04. The van der Waals surface area contributed by atoms with E-state index in [0.717, 1.165) is 35.4 Å². The van der Waals surface area contributed by atoms with Gasteiger partial charge in [-0.05, 0) is 36.4 Å². The fraction of sp³-hybridized carbons (Fsp3) is 0.280. The van der Waals surface area contributed by atoms with E-state index in [1.165, 1.54) is 19.2 Å². The lowest BCUT2D eigenvalue weighted by molar-refractivity contribution is -0.141. The smallest absolute Gasteiger partial charge is 0.307 e. The average molecular weight is 480 g/mol. The highest BCUT2D eigenvalue weighted by Crippen LogP contribution is 2.28. The number of piperazine rings is 1. The molecule has 0 spiro atoms. The van der Waals surface area contributed by atoms with E-state index in [2.05, 4.69) is 20.2 Å². The van der Waals surface area contributed by atoms with Gasteiger partial charge in [-0.3, -0.25) is 14.8 Å². The van der Waals surface area contributed by atoms with Gasteiger partial charge < -0.3 is 15.0 Å². The van der Waals surface area contributed by atoms with Crippen molar-refractivity contribution in [2.75, 3.05) is 38.2 Å². The number of esters is 1. The Balaban J connectivity index is 1.43. The summed E-state index contributed by atoms with van der Waals surface area (Å²) in [6.07, 6.45) is 4.08. The first-order valence-corrected chi connectivity index (χ1v) is 11.4. The number of pyridine rings is 2. The van der Waals surface area contributed by atoms with Crippen molar-refractivity contribution in [1.82, 2.24) is 15.3 Å². The molecule has 0 amide bonds. The van der Waals surface area contributed by atoms with E-state index in [1.54, 1.807) is 6.07 Å². The number of fused-ring (bicyclic) bond motifs is 1. The van der Waals surface area contributed by atoms with E-state index >= 15 is 0 Å². The topological polar surface area (TPSA) is 79.7 Å². The number of aromatic nitrogens is 2. The number of ether oxygens (including phenoxy) is 1.